The third kappa shape index (κ3) is 2.19. The maximum absolute atomic E-state index is 12.8. The van der Waals surface area contributed by atoms with Crippen molar-refractivity contribution >= 4 is 11.9 Å². The molecule has 0 aliphatic carbocycles. The van der Waals surface area contributed by atoms with Crippen LogP contribution < -0.4 is 0 Å². The molecule has 1 spiro atoms. The second kappa shape index (κ2) is 5.23. The Morgan fingerprint density at radius 1 is 1.59 bits per heavy atom. The van der Waals surface area contributed by atoms with Crippen LogP contribution in [0, 0.1) is 11.8 Å². The van der Waals surface area contributed by atoms with Gasteiger partial charge in [-0.1, -0.05) is 23.8 Å². The van der Waals surface area contributed by atoms with Gasteiger partial charge in [0.05, 0.1) is 18.6 Å². The monoisotopic (exact) mass is 305 g/mol. The summed E-state index contributed by atoms with van der Waals surface area (Å²) < 4.78 is 5.88. The number of hydrogen-bond acceptors (Lipinski definition) is 3. The van der Waals surface area contributed by atoms with Gasteiger partial charge in [-0.15, -0.1) is 0 Å². The lowest BCUT2D eigenvalue weighted by atomic mass is 9.77. The highest BCUT2D eigenvalue weighted by molar-refractivity contribution is 5.90. The van der Waals surface area contributed by atoms with Crippen molar-refractivity contribution in [2.24, 2.45) is 11.8 Å². The molecule has 2 bridgehead atoms. The van der Waals surface area contributed by atoms with Crippen molar-refractivity contribution in [2.75, 3.05) is 6.54 Å². The maximum atomic E-state index is 12.8. The van der Waals surface area contributed by atoms with Crippen molar-refractivity contribution in [2.45, 2.75) is 51.4 Å². The Morgan fingerprint density at radius 2 is 2.32 bits per heavy atom. The van der Waals surface area contributed by atoms with Crippen LogP contribution in [0.3, 0.4) is 0 Å². The fourth-order valence-electron chi connectivity index (χ4n) is 3.95. The van der Waals surface area contributed by atoms with E-state index in [1.165, 1.54) is 5.57 Å². The number of likely N-dealkylation sites (tertiary alicyclic amines) is 1. The first-order chi connectivity index (χ1) is 10.4. The molecule has 3 heterocycles. The third-order valence-corrected chi connectivity index (χ3v) is 5.08. The molecule has 0 saturated carbocycles. The molecule has 0 aromatic heterocycles. The third-order valence-electron chi connectivity index (χ3n) is 5.08. The van der Waals surface area contributed by atoms with Crippen molar-refractivity contribution in [3.63, 3.8) is 0 Å². The van der Waals surface area contributed by atoms with Crippen LogP contribution >= 0.6 is 0 Å². The Morgan fingerprint density at radius 3 is 2.95 bits per heavy atom. The molecule has 120 valence electrons. The van der Waals surface area contributed by atoms with Crippen LogP contribution in [0.15, 0.2) is 23.8 Å². The fraction of sp³-hybridized carbons (Fsp3) is 0.647. The van der Waals surface area contributed by atoms with Gasteiger partial charge < -0.3 is 14.7 Å². The highest BCUT2D eigenvalue weighted by Gasteiger charge is 2.67. The van der Waals surface area contributed by atoms with Crippen LogP contribution in [0.2, 0.25) is 0 Å². The fourth-order valence-corrected chi connectivity index (χ4v) is 3.95. The summed E-state index contributed by atoms with van der Waals surface area (Å²) in [6.45, 7) is 6.62. The van der Waals surface area contributed by atoms with Gasteiger partial charge in [0, 0.05) is 6.04 Å². The first-order valence-corrected chi connectivity index (χ1v) is 7.89. The van der Waals surface area contributed by atoms with E-state index in [4.69, 9.17) is 4.74 Å². The molecule has 5 nitrogen and oxygen atoms in total. The van der Waals surface area contributed by atoms with Gasteiger partial charge in [0.2, 0.25) is 5.91 Å². The average Bonchev–Trinajstić information content (AvgIpc) is 3.06. The number of allylic oxidation sites excluding steroid dienone is 2. The van der Waals surface area contributed by atoms with E-state index < -0.39 is 29.5 Å². The molecule has 3 rings (SSSR count). The molecule has 1 amide bonds. The zero-order chi connectivity index (χ0) is 16.1. The molecule has 2 fully saturated rings. The SMILES string of the molecule is CC(C)=CCC[C@H](C)N1C[C@]23C=C[C@@H](O2)[C@@H](C(=O)O)[C@@H]3C1=O. The van der Waals surface area contributed by atoms with Gasteiger partial charge in [0.25, 0.3) is 0 Å². The van der Waals surface area contributed by atoms with Crippen molar-refractivity contribution < 1.29 is 19.4 Å². The number of carbonyl (C=O) groups is 2. The summed E-state index contributed by atoms with van der Waals surface area (Å²) in [6, 6.07) is 0.0913. The molecule has 0 aromatic rings. The van der Waals surface area contributed by atoms with E-state index in [0.717, 1.165) is 12.8 Å². The molecule has 2 saturated heterocycles. The number of ether oxygens (including phenoxy) is 1. The second-order valence-electron chi connectivity index (χ2n) is 6.91. The Labute approximate surface area is 130 Å². The number of fused-ring (bicyclic) bond motifs is 1. The molecular formula is C17H23NO4. The summed E-state index contributed by atoms with van der Waals surface area (Å²) in [5.74, 6) is -2.31. The summed E-state index contributed by atoms with van der Waals surface area (Å²) >= 11 is 0. The van der Waals surface area contributed by atoms with E-state index in [1.54, 1.807) is 6.08 Å². The number of hydrogen-bond donors (Lipinski definition) is 1. The molecule has 0 unspecified atom stereocenters. The molecule has 0 radical (unpaired) electrons. The minimum atomic E-state index is -0.936. The van der Waals surface area contributed by atoms with Gasteiger partial charge in [0.15, 0.2) is 0 Å². The predicted molar refractivity (Wildman–Crippen MR) is 81.2 cm³/mol. The van der Waals surface area contributed by atoms with Crippen LogP contribution in [-0.2, 0) is 14.3 Å². The number of carboxylic acid groups (broad SMARTS) is 1. The number of carboxylic acids is 1. The largest absolute Gasteiger partial charge is 0.481 e. The Hall–Kier alpha value is -1.62. The summed E-state index contributed by atoms with van der Waals surface area (Å²) in [6.07, 6.45) is 7.23. The Kier molecular flexibility index (Phi) is 3.63. The Bertz CT molecular complexity index is 563. The first kappa shape index (κ1) is 15.3. The summed E-state index contributed by atoms with van der Waals surface area (Å²) in [5.41, 5.74) is 0.557. The summed E-state index contributed by atoms with van der Waals surface area (Å²) in [4.78, 5) is 26.1. The Balaban J connectivity index is 1.76. The van der Waals surface area contributed by atoms with Crippen molar-refractivity contribution in [1.29, 1.82) is 0 Å². The molecule has 22 heavy (non-hydrogen) atoms. The molecule has 0 aromatic carbocycles. The van der Waals surface area contributed by atoms with Crippen LogP contribution in [-0.4, -0.2) is 46.2 Å². The van der Waals surface area contributed by atoms with Crippen LogP contribution in [0.4, 0.5) is 0 Å². The smallest absolute Gasteiger partial charge is 0.310 e. The van der Waals surface area contributed by atoms with E-state index in [1.807, 2.05) is 17.9 Å². The molecule has 3 aliphatic rings. The van der Waals surface area contributed by atoms with E-state index in [9.17, 15) is 14.7 Å². The van der Waals surface area contributed by atoms with Crippen molar-refractivity contribution in [3.8, 4) is 0 Å². The quantitative estimate of drug-likeness (QED) is 0.789. The first-order valence-electron chi connectivity index (χ1n) is 7.89. The van der Waals surface area contributed by atoms with Gasteiger partial charge in [-0.25, -0.2) is 0 Å². The zero-order valence-corrected chi connectivity index (χ0v) is 13.3. The van der Waals surface area contributed by atoms with E-state index >= 15 is 0 Å². The van der Waals surface area contributed by atoms with Gasteiger partial charge in [-0.2, -0.15) is 0 Å². The van der Waals surface area contributed by atoms with Crippen LogP contribution in [0.5, 0.6) is 0 Å². The highest BCUT2D eigenvalue weighted by Crippen LogP contribution is 2.52. The number of rotatable bonds is 5. The number of carbonyl (C=O) groups excluding carboxylic acids is 1. The van der Waals surface area contributed by atoms with E-state index in [0.29, 0.717) is 6.54 Å². The van der Waals surface area contributed by atoms with Crippen LogP contribution in [0.1, 0.15) is 33.6 Å². The minimum Gasteiger partial charge on any atom is -0.481 e. The van der Waals surface area contributed by atoms with Crippen LogP contribution in [0.25, 0.3) is 0 Å². The second-order valence-corrected chi connectivity index (χ2v) is 6.91. The zero-order valence-electron chi connectivity index (χ0n) is 13.3. The molecular weight excluding hydrogens is 282 g/mol. The van der Waals surface area contributed by atoms with E-state index in [-0.39, 0.29) is 11.9 Å². The lowest BCUT2D eigenvalue weighted by Crippen LogP contribution is -2.40. The molecule has 5 atom stereocenters. The number of nitrogens with zero attached hydrogens (tertiary/aromatic N) is 1. The number of amides is 1. The topological polar surface area (TPSA) is 66.8 Å². The van der Waals surface area contributed by atoms with E-state index in [2.05, 4.69) is 19.9 Å². The lowest BCUT2D eigenvalue weighted by molar-refractivity contribution is -0.148. The summed E-state index contributed by atoms with van der Waals surface area (Å²) in [5, 5.41) is 9.43. The maximum Gasteiger partial charge on any atom is 0.310 e. The molecule has 5 heteroatoms. The normalized spacial score (nSPS) is 36.6. The van der Waals surface area contributed by atoms with Gasteiger partial charge in [-0.3, -0.25) is 9.59 Å². The highest BCUT2D eigenvalue weighted by atomic mass is 16.5. The minimum absolute atomic E-state index is 0.0658. The van der Waals surface area contributed by atoms with Gasteiger partial charge >= 0.3 is 5.97 Å². The van der Waals surface area contributed by atoms with Crippen molar-refractivity contribution in [1.82, 2.24) is 4.90 Å². The van der Waals surface area contributed by atoms with Gasteiger partial charge in [0.1, 0.15) is 11.5 Å². The number of aliphatic carboxylic acids is 1. The molecule has 1 N–H and O–H groups in total. The molecule has 3 aliphatic heterocycles. The van der Waals surface area contributed by atoms with Crippen molar-refractivity contribution in [3.05, 3.63) is 23.8 Å². The van der Waals surface area contributed by atoms with Gasteiger partial charge in [-0.05, 0) is 33.6 Å². The predicted octanol–water partition coefficient (Wildman–Crippen LogP) is 1.99. The standard InChI is InChI=1S/C17H23NO4/c1-10(2)5-4-6-11(3)18-9-17-8-7-12(22-17)13(16(20)21)14(17)15(18)19/h5,7-8,11-14H,4,6,9H2,1-3H3,(H,20,21)/t11-,12+,13+,14+,17-/m0/s1. The lowest BCUT2D eigenvalue weighted by Gasteiger charge is -2.27. The average molecular weight is 305 g/mol. The summed E-state index contributed by atoms with van der Waals surface area (Å²) in [7, 11) is 0.